The van der Waals surface area contributed by atoms with Gasteiger partial charge in [-0.05, 0) is 12.8 Å². The first-order chi connectivity index (χ1) is 8.19. The number of nitrogens with zero attached hydrogens (tertiary/aromatic N) is 2. The van der Waals surface area contributed by atoms with Gasteiger partial charge in [0.25, 0.3) is 0 Å². The van der Waals surface area contributed by atoms with Gasteiger partial charge in [0.05, 0.1) is 12.2 Å². The van der Waals surface area contributed by atoms with Crippen LogP contribution in [0.1, 0.15) is 19.8 Å². The van der Waals surface area contributed by atoms with Crippen LogP contribution in [0.15, 0.2) is 0 Å². The highest BCUT2D eigenvalue weighted by Gasteiger charge is 2.25. The first kappa shape index (κ1) is 13.5. The van der Waals surface area contributed by atoms with Crippen LogP contribution in [-0.4, -0.2) is 49.1 Å². The second-order valence-electron chi connectivity index (χ2n) is 3.85. The molecule has 94 valence electrons. The lowest BCUT2D eigenvalue weighted by atomic mass is 10.2. The molecule has 1 N–H and O–H groups in total. The molecule has 0 radical (unpaired) electrons. The molecule has 1 heterocycles. The van der Waals surface area contributed by atoms with Crippen LogP contribution in [0.2, 0.25) is 0 Å². The van der Waals surface area contributed by atoms with E-state index in [2.05, 4.69) is 5.32 Å². The van der Waals surface area contributed by atoms with Crippen LogP contribution in [0, 0.1) is 11.3 Å². The molecule has 1 rings (SSSR count). The average molecular weight is 239 g/mol. The van der Waals surface area contributed by atoms with E-state index in [0.717, 1.165) is 12.8 Å². The van der Waals surface area contributed by atoms with Gasteiger partial charge in [-0.25, -0.2) is 0 Å². The van der Waals surface area contributed by atoms with E-state index in [0.29, 0.717) is 19.7 Å². The third kappa shape index (κ3) is 4.04. The molecule has 1 atom stereocenters. The van der Waals surface area contributed by atoms with E-state index < -0.39 is 11.8 Å². The minimum atomic E-state index is -0.719. The molecular formula is C11H17N3O3. The summed E-state index contributed by atoms with van der Waals surface area (Å²) in [5.41, 5.74) is 0. The van der Waals surface area contributed by atoms with E-state index in [1.165, 1.54) is 4.90 Å². The second kappa shape index (κ2) is 6.86. The SMILES string of the molecule is CCC1CN(C(=O)C(=O)NCC#N)CCCO1. The minimum absolute atomic E-state index is 0.00906. The van der Waals surface area contributed by atoms with Crippen LogP contribution < -0.4 is 5.32 Å². The second-order valence-corrected chi connectivity index (χ2v) is 3.85. The molecule has 1 fully saturated rings. The Balaban J connectivity index is 2.54. The van der Waals surface area contributed by atoms with Crippen LogP contribution >= 0.6 is 0 Å². The van der Waals surface area contributed by atoms with Crippen LogP contribution in [0.4, 0.5) is 0 Å². The van der Waals surface area contributed by atoms with E-state index in [4.69, 9.17) is 10.00 Å². The topological polar surface area (TPSA) is 82.4 Å². The number of ether oxygens (including phenoxy) is 1. The number of rotatable bonds is 2. The Kier molecular flexibility index (Phi) is 5.43. The lowest BCUT2D eigenvalue weighted by Gasteiger charge is -2.22. The predicted octanol–water partition coefficient (Wildman–Crippen LogP) is -0.346. The van der Waals surface area contributed by atoms with Crippen molar-refractivity contribution in [3.63, 3.8) is 0 Å². The van der Waals surface area contributed by atoms with Gasteiger partial charge in [-0.3, -0.25) is 9.59 Å². The number of carbonyl (C=O) groups excluding carboxylic acids is 2. The Hall–Kier alpha value is -1.61. The van der Waals surface area contributed by atoms with Crippen molar-refractivity contribution < 1.29 is 14.3 Å². The maximum atomic E-state index is 11.8. The van der Waals surface area contributed by atoms with Crippen molar-refractivity contribution in [2.75, 3.05) is 26.2 Å². The molecule has 0 spiro atoms. The zero-order chi connectivity index (χ0) is 12.7. The number of amides is 2. The average Bonchev–Trinajstić information content (AvgIpc) is 2.60. The standard InChI is InChI=1S/C11H17N3O3/c1-2-9-8-14(6-3-7-17-9)11(16)10(15)13-5-4-12/h9H,2-3,5-8H2,1H3,(H,13,15). The molecule has 6 nitrogen and oxygen atoms in total. The van der Waals surface area contributed by atoms with Crippen molar-refractivity contribution in [1.29, 1.82) is 5.26 Å². The predicted molar refractivity (Wildman–Crippen MR) is 59.9 cm³/mol. The molecule has 0 bridgehead atoms. The first-order valence-corrected chi connectivity index (χ1v) is 5.74. The Bertz CT molecular complexity index is 324. The zero-order valence-electron chi connectivity index (χ0n) is 9.94. The van der Waals surface area contributed by atoms with Crippen molar-refractivity contribution in [3.05, 3.63) is 0 Å². The Morgan fingerprint density at radius 1 is 1.59 bits per heavy atom. The molecule has 2 amide bonds. The Labute approximate surface area is 101 Å². The van der Waals surface area contributed by atoms with E-state index in [1.807, 2.05) is 6.92 Å². The van der Waals surface area contributed by atoms with Crippen molar-refractivity contribution in [2.24, 2.45) is 0 Å². The fourth-order valence-electron chi connectivity index (χ4n) is 1.67. The Morgan fingerprint density at radius 2 is 2.35 bits per heavy atom. The third-order valence-corrected chi connectivity index (χ3v) is 2.61. The van der Waals surface area contributed by atoms with Gasteiger partial charge in [0.2, 0.25) is 0 Å². The number of hydrogen-bond acceptors (Lipinski definition) is 4. The van der Waals surface area contributed by atoms with Crippen LogP contribution in [-0.2, 0) is 14.3 Å². The molecule has 0 saturated carbocycles. The van der Waals surface area contributed by atoms with Crippen molar-refractivity contribution in [2.45, 2.75) is 25.9 Å². The Morgan fingerprint density at radius 3 is 3.00 bits per heavy atom. The molecule has 0 aromatic rings. The lowest BCUT2D eigenvalue weighted by Crippen LogP contribution is -2.45. The van der Waals surface area contributed by atoms with E-state index in [1.54, 1.807) is 6.07 Å². The molecule has 0 aliphatic carbocycles. The molecule has 6 heteroatoms. The van der Waals surface area contributed by atoms with E-state index >= 15 is 0 Å². The third-order valence-electron chi connectivity index (χ3n) is 2.61. The number of nitriles is 1. The monoisotopic (exact) mass is 239 g/mol. The van der Waals surface area contributed by atoms with Gasteiger partial charge in [-0.1, -0.05) is 6.92 Å². The van der Waals surface area contributed by atoms with E-state index in [9.17, 15) is 9.59 Å². The largest absolute Gasteiger partial charge is 0.376 e. The summed E-state index contributed by atoms with van der Waals surface area (Å²) >= 11 is 0. The van der Waals surface area contributed by atoms with Gasteiger partial charge < -0.3 is 15.0 Å². The summed E-state index contributed by atoms with van der Waals surface area (Å²) in [6, 6.07) is 1.76. The highest BCUT2D eigenvalue weighted by molar-refractivity contribution is 6.35. The van der Waals surface area contributed by atoms with Gasteiger partial charge in [0, 0.05) is 19.7 Å². The summed E-state index contributed by atoms with van der Waals surface area (Å²) in [7, 11) is 0. The summed E-state index contributed by atoms with van der Waals surface area (Å²) in [6.45, 7) is 3.41. The van der Waals surface area contributed by atoms with E-state index in [-0.39, 0.29) is 12.6 Å². The fraction of sp³-hybridized carbons (Fsp3) is 0.727. The molecule has 1 unspecified atom stereocenters. The van der Waals surface area contributed by atoms with Gasteiger partial charge in [0.1, 0.15) is 6.54 Å². The highest BCUT2D eigenvalue weighted by Crippen LogP contribution is 2.08. The van der Waals surface area contributed by atoms with Crippen LogP contribution in [0.5, 0.6) is 0 Å². The summed E-state index contributed by atoms with van der Waals surface area (Å²) < 4.78 is 5.52. The number of carbonyl (C=O) groups is 2. The fourth-order valence-corrected chi connectivity index (χ4v) is 1.67. The molecule has 1 saturated heterocycles. The maximum absolute atomic E-state index is 11.8. The molecule has 0 aromatic carbocycles. The summed E-state index contributed by atoms with van der Waals surface area (Å²) in [4.78, 5) is 24.7. The highest BCUT2D eigenvalue weighted by atomic mass is 16.5. The molecular weight excluding hydrogens is 222 g/mol. The van der Waals surface area contributed by atoms with Gasteiger partial charge in [0.15, 0.2) is 0 Å². The van der Waals surface area contributed by atoms with Crippen LogP contribution in [0.3, 0.4) is 0 Å². The minimum Gasteiger partial charge on any atom is -0.376 e. The van der Waals surface area contributed by atoms with Gasteiger partial charge in [-0.15, -0.1) is 0 Å². The smallest absolute Gasteiger partial charge is 0.311 e. The van der Waals surface area contributed by atoms with Gasteiger partial charge >= 0.3 is 11.8 Å². The quantitative estimate of drug-likeness (QED) is 0.527. The summed E-state index contributed by atoms with van der Waals surface area (Å²) in [5, 5.41) is 10.6. The van der Waals surface area contributed by atoms with Crippen molar-refractivity contribution in [1.82, 2.24) is 10.2 Å². The molecule has 17 heavy (non-hydrogen) atoms. The summed E-state index contributed by atoms with van der Waals surface area (Å²) in [6.07, 6.45) is 1.53. The van der Waals surface area contributed by atoms with Crippen molar-refractivity contribution >= 4 is 11.8 Å². The van der Waals surface area contributed by atoms with Crippen molar-refractivity contribution in [3.8, 4) is 6.07 Å². The van der Waals surface area contributed by atoms with Crippen LogP contribution in [0.25, 0.3) is 0 Å². The number of nitrogens with one attached hydrogen (secondary N) is 1. The molecule has 1 aliphatic heterocycles. The molecule has 1 aliphatic rings. The normalized spacial score (nSPS) is 20.2. The number of hydrogen-bond donors (Lipinski definition) is 1. The molecule has 0 aromatic heterocycles. The lowest BCUT2D eigenvalue weighted by molar-refractivity contribution is -0.146. The van der Waals surface area contributed by atoms with Gasteiger partial charge in [-0.2, -0.15) is 5.26 Å². The summed E-state index contributed by atoms with van der Waals surface area (Å²) in [5.74, 6) is -1.30. The maximum Gasteiger partial charge on any atom is 0.311 e. The first-order valence-electron chi connectivity index (χ1n) is 5.74. The zero-order valence-corrected chi connectivity index (χ0v) is 9.94.